The first-order chi connectivity index (χ1) is 8.75. The van der Waals surface area contributed by atoms with Crippen LogP contribution in [0.5, 0.6) is 0 Å². The van der Waals surface area contributed by atoms with Crippen LogP contribution in [0.1, 0.15) is 32.1 Å². The number of carbonyl (C=O) groups excluding carboxylic acids is 1. The molecule has 3 aliphatic rings. The van der Waals surface area contributed by atoms with Crippen LogP contribution >= 0.6 is 11.8 Å². The van der Waals surface area contributed by atoms with E-state index in [9.17, 15) is 4.79 Å². The van der Waals surface area contributed by atoms with E-state index in [1.54, 1.807) is 0 Å². The Hall–Kier alpha value is -0.220. The van der Waals surface area contributed by atoms with E-state index in [-0.39, 0.29) is 0 Å². The number of nitrogens with one attached hydrogen (secondary N) is 1. The molecule has 2 saturated carbocycles. The third-order valence-corrected chi connectivity index (χ3v) is 5.60. The number of rotatable bonds is 5. The third-order valence-electron chi connectivity index (χ3n) is 4.47. The van der Waals surface area contributed by atoms with Crippen molar-refractivity contribution in [2.75, 3.05) is 25.1 Å². The maximum Gasteiger partial charge on any atom is 0.224 e. The first kappa shape index (κ1) is 12.8. The van der Waals surface area contributed by atoms with Gasteiger partial charge in [0.05, 0.1) is 0 Å². The minimum atomic E-state index is 0.360. The Balaban J connectivity index is 1.53. The highest BCUT2D eigenvalue weighted by atomic mass is 32.2. The van der Waals surface area contributed by atoms with Crippen LogP contribution in [0.4, 0.5) is 0 Å². The zero-order valence-electron chi connectivity index (χ0n) is 11.2. The summed E-state index contributed by atoms with van der Waals surface area (Å²) in [5, 5.41) is 3.47. The maximum absolute atomic E-state index is 12.4. The van der Waals surface area contributed by atoms with E-state index in [0.29, 0.717) is 24.4 Å². The van der Waals surface area contributed by atoms with Crippen LogP contribution in [0.3, 0.4) is 0 Å². The lowest BCUT2D eigenvalue weighted by atomic mass is 10.0. The van der Waals surface area contributed by atoms with Gasteiger partial charge < -0.3 is 10.2 Å². The van der Waals surface area contributed by atoms with E-state index >= 15 is 0 Å². The van der Waals surface area contributed by atoms with Crippen LogP contribution in [0.25, 0.3) is 0 Å². The Kier molecular flexibility index (Phi) is 3.85. The molecule has 1 atom stereocenters. The lowest BCUT2D eigenvalue weighted by Crippen LogP contribution is -2.45. The number of thioether (sulfide) groups is 1. The van der Waals surface area contributed by atoms with E-state index in [2.05, 4.69) is 10.2 Å². The Morgan fingerprint density at radius 3 is 2.50 bits per heavy atom. The predicted octanol–water partition coefficient (Wildman–Crippen LogP) is 1.73. The first-order valence-electron chi connectivity index (χ1n) is 7.32. The molecule has 1 aliphatic heterocycles. The molecule has 0 aromatic rings. The van der Waals surface area contributed by atoms with Crippen molar-refractivity contribution in [2.24, 2.45) is 11.8 Å². The smallest absolute Gasteiger partial charge is 0.224 e. The average molecular weight is 268 g/mol. The summed E-state index contributed by atoms with van der Waals surface area (Å²) in [6.07, 6.45) is 6.07. The van der Waals surface area contributed by atoms with Crippen molar-refractivity contribution < 1.29 is 4.79 Å². The SMILES string of the molecule is CN(C(=O)CC1CSCCN1)C(C1CC1)C1CC1. The van der Waals surface area contributed by atoms with Gasteiger partial charge in [0.2, 0.25) is 5.91 Å². The van der Waals surface area contributed by atoms with Crippen molar-refractivity contribution in [3.63, 3.8) is 0 Å². The molecule has 0 aromatic carbocycles. The minimum absolute atomic E-state index is 0.360. The molecule has 2 aliphatic carbocycles. The Morgan fingerprint density at radius 1 is 1.33 bits per heavy atom. The minimum Gasteiger partial charge on any atom is -0.342 e. The molecule has 102 valence electrons. The topological polar surface area (TPSA) is 32.3 Å². The van der Waals surface area contributed by atoms with Gasteiger partial charge in [0.1, 0.15) is 0 Å². The monoisotopic (exact) mass is 268 g/mol. The zero-order chi connectivity index (χ0) is 12.5. The fourth-order valence-electron chi connectivity index (χ4n) is 3.16. The Bertz CT molecular complexity index is 297. The van der Waals surface area contributed by atoms with Crippen molar-refractivity contribution in [2.45, 2.75) is 44.2 Å². The van der Waals surface area contributed by atoms with Gasteiger partial charge >= 0.3 is 0 Å². The van der Waals surface area contributed by atoms with Crippen molar-refractivity contribution in [3.05, 3.63) is 0 Å². The predicted molar refractivity (Wildman–Crippen MR) is 75.7 cm³/mol. The number of amides is 1. The summed E-state index contributed by atoms with van der Waals surface area (Å²) in [4.78, 5) is 14.5. The molecule has 1 amide bonds. The van der Waals surface area contributed by atoms with E-state index < -0.39 is 0 Å². The summed E-state index contributed by atoms with van der Waals surface area (Å²) >= 11 is 1.97. The van der Waals surface area contributed by atoms with Crippen LogP contribution < -0.4 is 5.32 Å². The second-order valence-electron chi connectivity index (χ2n) is 6.10. The number of carbonyl (C=O) groups is 1. The molecule has 1 unspecified atom stereocenters. The van der Waals surface area contributed by atoms with Gasteiger partial charge in [0.15, 0.2) is 0 Å². The highest BCUT2D eigenvalue weighted by molar-refractivity contribution is 7.99. The van der Waals surface area contributed by atoms with Crippen LogP contribution in [0.15, 0.2) is 0 Å². The molecule has 4 heteroatoms. The lowest BCUT2D eigenvalue weighted by Gasteiger charge is -2.31. The first-order valence-corrected chi connectivity index (χ1v) is 8.48. The van der Waals surface area contributed by atoms with Gasteiger partial charge in [-0.15, -0.1) is 0 Å². The molecule has 0 radical (unpaired) electrons. The second kappa shape index (κ2) is 5.41. The Labute approximate surface area is 114 Å². The Morgan fingerprint density at radius 2 is 2.00 bits per heavy atom. The van der Waals surface area contributed by atoms with Crippen LogP contribution in [-0.4, -0.2) is 48.0 Å². The van der Waals surface area contributed by atoms with E-state index in [0.717, 1.165) is 24.1 Å². The third kappa shape index (κ3) is 3.02. The summed E-state index contributed by atoms with van der Waals surface area (Å²) in [6.45, 7) is 1.06. The molecule has 18 heavy (non-hydrogen) atoms. The molecule has 3 nitrogen and oxygen atoms in total. The van der Waals surface area contributed by atoms with Gasteiger partial charge in [-0.25, -0.2) is 0 Å². The van der Waals surface area contributed by atoms with Crippen LogP contribution in [0.2, 0.25) is 0 Å². The molecule has 0 bridgehead atoms. The number of nitrogens with zero attached hydrogens (tertiary/aromatic N) is 1. The summed E-state index contributed by atoms with van der Waals surface area (Å²) < 4.78 is 0. The summed E-state index contributed by atoms with van der Waals surface area (Å²) in [5.74, 6) is 4.28. The lowest BCUT2D eigenvalue weighted by molar-refractivity contribution is -0.133. The standard InChI is InChI=1S/C14H24N2OS/c1-16(14(10-2-3-10)11-4-5-11)13(17)8-12-9-18-7-6-15-12/h10-12,14-15H,2-9H2,1H3. The van der Waals surface area contributed by atoms with Gasteiger partial charge in [0, 0.05) is 43.6 Å². The van der Waals surface area contributed by atoms with Gasteiger partial charge in [-0.2, -0.15) is 11.8 Å². The van der Waals surface area contributed by atoms with Gasteiger partial charge in [-0.1, -0.05) is 0 Å². The number of hydrogen-bond acceptors (Lipinski definition) is 3. The van der Waals surface area contributed by atoms with E-state index in [1.807, 2.05) is 18.8 Å². The molecule has 1 saturated heterocycles. The second-order valence-corrected chi connectivity index (χ2v) is 7.25. The zero-order valence-corrected chi connectivity index (χ0v) is 12.0. The summed E-state index contributed by atoms with van der Waals surface area (Å²) in [5.41, 5.74) is 0. The molecule has 3 fully saturated rings. The maximum atomic E-state index is 12.4. The van der Waals surface area contributed by atoms with Crippen molar-refractivity contribution >= 4 is 17.7 Å². The van der Waals surface area contributed by atoms with Crippen molar-refractivity contribution in [3.8, 4) is 0 Å². The highest BCUT2D eigenvalue weighted by Gasteiger charge is 2.44. The number of hydrogen-bond donors (Lipinski definition) is 1. The van der Waals surface area contributed by atoms with E-state index in [1.165, 1.54) is 31.4 Å². The quantitative estimate of drug-likeness (QED) is 0.824. The van der Waals surface area contributed by atoms with Crippen molar-refractivity contribution in [1.82, 2.24) is 10.2 Å². The van der Waals surface area contributed by atoms with Crippen LogP contribution in [0, 0.1) is 11.8 Å². The molecule has 1 heterocycles. The van der Waals surface area contributed by atoms with Gasteiger partial charge in [0.25, 0.3) is 0 Å². The fourth-order valence-corrected chi connectivity index (χ4v) is 4.11. The normalized spacial score (nSPS) is 28.4. The molecule has 0 spiro atoms. The highest BCUT2D eigenvalue weighted by Crippen LogP contribution is 2.46. The summed E-state index contributed by atoms with van der Waals surface area (Å²) in [6, 6.07) is 0.964. The fraction of sp³-hybridized carbons (Fsp3) is 0.929. The average Bonchev–Trinajstić information content (AvgIpc) is 3.25. The molecule has 3 rings (SSSR count). The van der Waals surface area contributed by atoms with Crippen molar-refractivity contribution in [1.29, 1.82) is 0 Å². The summed E-state index contributed by atoms with van der Waals surface area (Å²) in [7, 11) is 2.04. The van der Waals surface area contributed by atoms with E-state index in [4.69, 9.17) is 0 Å². The largest absolute Gasteiger partial charge is 0.342 e. The molecular weight excluding hydrogens is 244 g/mol. The van der Waals surface area contributed by atoms with Gasteiger partial charge in [-0.05, 0) is 37.5 Å². The molecule has 0 aromatic heterocycles. The van der Waals surface area contributed by atoms with Gasteiger partial charge in [-0.3, -0.25) is 4.79 Å². The molecular formula is C14H24N2OS. The molecule has 1 N–H and O–H groups in total. The van der Waals surface area contributed by atoms with Crippen LogP contribution in [-0.2, 0) is 4.79 Å².